The summed E-state index contributed by atoms with van der Waals surface area (Å²) in [5.74, 6) is -0.661. The summed E-state index contributed by atoms with van der Waals surface area (Å²) < 4.78 is 35.6. The molecule has 94 valence electrons. The molecule has 0 heterocycles. The predicted octanol–water partition coefficient (Wildman–Crippen LogP) is 2.86. The van der Waals surface area contributed by atoms with Crippen LogP contribution in [0.4, 0.5) is 24.5 Å². The average molecular weight is 246 g/mol. The number of halogens is 3. The molecule has 0 bridgehead atoms. The standard InChI is InChI=1S/C11H13F3N2O/c1-7-6-8(2-3-9(7)15)16-10(17)4-5-11(12,13)14/h2-3,6H,4-5,15H2,1H3,(H,16,17). The molecular weight excluding hydrogens is 233 g/mol. The number of nitrogens with two attached hydrogens (primary N) is 1. The Bertz CT molecular complexity index is 416. The van der Waals surface area contributed by atoms with Crippen molar-refractivity contribution in [2.24, 2.45) is 0 Å². The minimum atomic E-state index is -4.31. The van der Waals surface area contributed by atoms with Gasteiger partial charge in [0.1, 0.15) is 0 Å². The maximum atomic E-state index is 11.9. The van der Waals surface area contributed by atoms with Crippen LogP contribution in [0.5, 0.6) is 0 Å². The summed E-state index contributed by atoms with van der Waals surface area (Å²) in [4.78, 5) is 11.2. The number of hydrogen-bond acceptors (Lipinski definition) is 2. The van der Waals surface area contributed by atoms with Gasteiger partial charge in [0.25, 0.3) is 0 Å². The highest BCUT2D eigenvalue weighted by molar-refractivity contribution is 5.91. The fraction of sp³-hybridized carbons (Fsp3) is 0.364. The van der Waals surface area contributed by atoms with Gasteiger partial charge in [0.05, 0.1) is 6.42 Å². The Hall–Kier alpha value is -1.72. The lowest BCUT2D eigenvalue weighted by molar-refractivity contribution is -0.142. The monoisotopic (exact) mass is 246 g/mol. The first-order valence-electron chi connectivity index (χ1n) is 5.00. The van der Waals surface area contributed by atoms with E-state index >= 15 is 0 Å². The van der Waals surface area contributed by atoms with E-state index < -0.39 is 24.9 Å². The van der Waals surface area contributed by atoms with Crippen molar-refractivity contribution in [3.8, 4) is 0 Å². The molecule has 0 atom stereocenters. The van der Waals surface area contributed by atoms with Crippen LogP contribution in [0.15, 0.2) is 18.2 Å². The molecule has 0 fully saturated rings. The number of alkyl halides is 3. The molecule has 3 N–H and O–H groups in total. The van der Waals surface area contributed by atoms with Gasteiger partial charge < -0.3 is 11.1 Å². The number of carbonyl (C=O) groups excluding carboxylic acids is 1. The van der Waals surface area contributed by atoms with E-state index in [2.05, 4.69) is 5.32 Å². The summed E-state index contributed by atoms with van der Waals surface area (Å²) in [6.07, 6.45) is -6.01. The summed E-state index contributed by atoms with van der Waals surface area (Å²) in [6, 6.07) is 4.75. The number of rotatable bonds is 3. The molecule has 0 saturated carbocycles. The molecule has 1 aromatic carbocycles. The van der Waals surface area contributed by atoms with Crippen LogP contribution < -0.4 is 11.1 Å². The van der Waals surface area contributed by atoms with Crippen molar-refractivity contribution in [3.63, 3.8) is 0 Å². The Morgan fingerprint density at radius 1 is 1.41 bits per heavy atom. The van der Waals surface area contributed by atoms with Gasteiger partial charge in [-0.05, 0) is 30.7 Å². The number of hydrogen-bond donors (Lipinski definition) is 2. The average Bonchev–Trinajstić information content (AvgIpc) is 2.20. The van der Waals surface area contributed by atoms with Gasteiger partial charge in [-0.25, -0.2) is 0 Å². The van der Waals surface area contributed by atoms with Gasteiger partial charge in [0.2, 0.25) is 5.91 Å². The zero-order valence-electron chi connectivity index (χ0n) is 9.27. The van der Waals surface area contributed by atoms with Crippen molar-refractivity contribution in [2.75, 3.05) is 11.1 Å². The Kier molecular flexibility index (Phi) is 3.98. The second-order valence-corrected chi connectivity index (χ2v) is 3.73. The van der Waals surface area contributed by atoms with Crippen molar-refractivity contribution in [2.45, 2.75) is 25.9 Å². The molecule has 0 spiro atoms. The molecule has 0 saturated heterocycles. The fourth-order valence-corrected chi connectivity index (χ4v) is 1.23. The maximum absolute atomic E-state index is 11.9. The number of benzene rings is 1. The Balaban J connectivity index is 2.54. The van der Waals surface area contributed by atoms with E-state index in [0.29, 0.717) is 11.4 Å². The molecule has 0 unspecified atom stereocenters. The first kappa shape index (κ1) is 13.3. The van der Waals surface area contributed by atoms with E-state index in [0.717, 1.165) is 5.56 Å². The summed E-state index contributed by atoms with van der Waals surface area (Å²) in [6.45, 7) is 1.75. The van der Waals surface area contributed by atoms with Gasteiger partial charge in [-0.2, -0.15) is 13.2 Å². The molecular formula is C11H13F3N2O. The minimum absolute atomic E-state index is 0.448. The summed E-state index contributed by atoms with van der Waals surface area (Å²) in [5, 5.41) is 2.39. The topological polar surface area (TPSA) is 55.1 Å². The molecule has 6 heteroatoms. The van der Waals surface area contributed by atoms with E-state index in [9.17, 15) is 18.0 Å². The highest BCUT2D eigenvalue weighted by atomic mass is 19.4. The SMILES string of the molecule is Cc1cc(NC(=O)CCC(F)(F)F)ccc1N. The van der Waals surface area contributed by atoms with Gasteiger partial charge in [0, 0.05) is 17.8 Å². The van der Waals surface area contributed by atoms with Gasteiger partial charge >= 0.3 is 6.18 Å². The lowest BCUT2D eigenvalue weighted by Gasteiger charge is -2.08. The smallest absolute Gasteiger partial charge is 0.389 e. The van der Waals surface area contributed by atoms with Crippen LogP contribution in [-0.2, 0) is 4.79 Å². The van der Waals surface area contributed by atoms with Crippen molar-refractivity contribution < 1.29 is 18.0 Å². The summed E-state index contributed by atoms with van der Waals surface area (Å²) in [5.41, 5.74) is 7.35. The van der Waals surface area contributed by atoms with Crippen LogP contribution in [0.1, 0.15) is 18.4 Å². The molecule has 1 rings (SSSR count). The van der Waals surface area contributed by atoms with E-state index in [1.165, 1.54) is 0 Å². The molecule has 0 aromatic heterocycles. The number of nitrogens with one attached hydrogen (secondary N) is 1. The predicted molar refractivity (Wildman–Crippen MR) is 59.5 cm³/mol. The maximum Gasteiger partial charge on any atom is 0.389 e. The number of anilines is 2. The van der Waals surface area contributed by atoms with Crippen molar-refractivity contribution in [1.82, 2.24) is 0 Å². The summed E-state index contributed by atoms with van der Waals surface area (Å²) in [7, 11) is 0. The lowest BCUT2D eigenvalue weighted by atomic mass is 10.2. The zero-order valence-corrected chi connectivity index (χ0v) is 9.27. The first-order chi connectivity index (χ1) is 7.78. The third kappa shape index (κ3) is 4.76. The van der Waals surface area contributed by atoms with E-state index in [1.54, 1.807) is 25.1 Å². The Morgan fingerprint density at radius 3 is 2.59 bits per heavy atom. The third-order valence-electron chi connectivity index (χ3n) is 2.19. The Labute approximate surface area is 96.8 Å². The van der Waals surface area contributed by atoms with Crippen LogP contribution in [0.2, 0.25) is 0 Å². The van der Waals surface area contributed by atoms with Gasteiger partial charge in [-0.1, -0.05) is 0 Å². The molecule has 3 nitrogen and oxygen atoms in total. The first-order valence-corrected chi connectivity index (χ1v) is 5.00. The van der Waals surface area contributed by atoms with E-state index in [4.69, 9.17) is 5.73 Å². The fourth-order valence-electron chi connectivity index (χ4n) is 1.23. The molecule has 1 amide bonds. The van der Waals surface area contributed by atoms with Gasteiger partial charge in [-0.3, -0.25) is 4.79 Å². The zero-order chi connectivity index (χ0) is 13.1. The van der Waals surface area contributed by atoms with Crippen LogP contribution in [0.3, 0.4) is 0 Å². The molecule has 17 heavy (non-hydrogen) atoms. The van der Waals surface area contributed by atoms with E-state index in [1.807, 2.05) is 0 Å². The Morgan fingerprint density at radius 2 is 2.06 bits per heavy atom. The third-order valence-corrected chi connectivity index (χ3v) is 2.19. The molecule has 0 aliphatic heterocycles. The number of carbonyl (C=O) groups is 1. The van der Waals surface area contributed by atoms with Crippen molar-refractivity contribution >= 4 is 17.3 Å². The lowest BCUT2D eigenvalue weighted by Crippen LogP contribution is -2.16. The molecule has 0 radical (unpaired) electrons. The van der Waals surface area contributed by atoms with Crippen LogP contribution in [-0.4, -0.2) is 12.1 Å². The largest absolute Gasteiger partial charge is 0.399 e. The number of aryl methyl sites for hydroxylation is 1. The van der Waals surface area contributed by atoms with Gasteiger partial charge in [0.15, 0.2) is 0 Å². The summed E-state index contributed by atoms with van der Waals surface area (Å²) >= 11 is 0. The van der Waals surface area contributed by atoms with E-state index in [-0.39, 0.29) is 0 Å². The van der Waals surface area contributed by atoms with Crippen LogP contribution in [0, 0.1) is 6.92 Å². The minimum Gasteiger partial charge on any atom is -0.399 e. The highest BCUT2D eigenvalue weighted by Gasteiger charge is 2.27. The van der Waals surface area contributed by atoms with Crippen molar-refractivity contribution in [1.29, 1.82) is 0 Å². The molecule has 0 aliphatic carbocycles. The van der Waals surface area contributed by atoms with Crippen LogP contribution >= 0.6 is 0 Å². The number of nitrogen functional groups attached to an aromatic ring is 1. The van der Waals surface area contributed by atoms with Gasteiger partial charge in [-0.15, -0.1) is 0 Å². The quantitative estimate of drug-likeness (QED) is 0.806. The van der Waals surface area contributed by atoms with Crippen LogP contribution in [0.25, 0.3) is 0 Å². The molecule has 0 aliphatic rings. The second-order valence-electron chi connectivity index (χ2n) is 3.73. The molecule has 1 aromatic rings. The normalized spacial score (nSPS) is 11.3. The second kappa shape index (κ2) is 5.07. The van der Waals surface area contributed by atoms with Crippen molar-refractivity contribution in [3.05, 3.63) is 23.8 Å². The number of amides is 1. The highest BCUT2D eigenvalue weighted by Crippen LogP contribution is 2.22.